The second-order valence-electron chi connectivity index (χ2n) is 6.47. The van der Waals surface area contributed by atoms with Gasteiger partial charge < -0.3 is 15.5 Å². The number of aryl methyl sites for hydroxylation is 1. The Bertz CT molecular complexity index is 1090. The zero-order chi connectivity index (χ0) is 19.8. The van der Waals surface area contributed by atoms with Gasteiger partial charge in [0, 0.05) is 24.1 Å². The van der Waals surface area contributed by atoms with Crippen molar-refractivity contribution in [1.82, 2.24) is 20.2 Å². The molecule has 2 heterocycles. The number of nitrogen functional groups attached to an aromatic ring is 1. The molecule has 3 rings (SSSR count). The van der Waals surface area contributed by atoms with Gasteiger partial charge in [0.15, 0.2) is 9.84 Å². The first-order valence-corrected chi connectivity index (χ1v) is 10.1. The summed E-state index contributed by atoms with van der Waals surface area (Å²) < 4.78 is 29.0. The quantitative estimate of drug-likeness (QED) is 0.675. The van der Waals surface area contributed by atoms with E-state index in [-0.39, 0.29) is 28.5 Å². The van der Waals surface area contributed by atoms with Crippen molar-refractivity contribution >= 4 is 27.3 Å². The van der Waals surface area contributed by atoms with E-state index in [0.29, 0.717) is 22.7 Å². The topological polar surface area (TPSA) is 137 Å². The predicted octanol–water partition coefficient (Wildman–Crippen LogP) is 2.69. The third-order valence-electron chi connectivity index (χ3n) is 3.81. The van der Waals surface area contributed by atoms with Gasteiger partial charge in [-0.15, -0.1) is 10.2 Å². The van der Waals surface area contributed by atoms with Crippen molar-refractivity contribution < 1.29 is 12.8 Å². The molecule has 0 saturated heterocycles. The Balaban J connectivity index is 1.85. The summed E-state index contributed by atoms with van der Waals surface area (Å²) in [5.41, 5.74) is 7.72. The third kappa shape index (κ3) is 4.05. The molecule has 1 aromatic carbocycles. The van der Waals surface area contributed by atoms with E-state index in [0.717, 1.165) is 0 Å². The maximum Gasteiger partial charge on any atom is 0.253 e. The van der Waals surface area contributed by atoms with Gasteiger partial charge in [0.05, 0.1) is 10.5 Å². The Labute approximate surface area is 157 Å². The van der Waals surface area contributed by atoms with Crippen LogP contribution in [0.4, 0.5) is 17.5 Å². The Morgan fingerprint density at radius 2 is 1.96 bits per heavy atom. The summed E-state index contributed by atoms with van der Waals surface area (Å²) in [6.07, 6.45) is 2.67. The van der Waals surface area contributed by atoms with Crippen LogP contribution in [0, 0.1) is 6.92 Å². The summed E-state index contributed by atoms with van der Waals surface area (Å²) in [6, 6.07) is 4.89. The fourth-order valence-corrected chi connectivity index (χ4v) is 3.43. The van der Waals surface area contributed by atoms with E-state index in [9.17, 15) is 8.42 Å². The molecule has 3 aromatic rings. The minimum atomic E-state index is -3.27. The Morgan fingerprint density at radius 1 is 1.22 bits per heavy atom. The largest absolute Gasteiger partial charge is 0.420 e. The Morgan fingerprint density at radius 3 is 2.52 bits per heavy atom. The van der Waals surface area contributed by atoms with Crippen LogP contribution in [0.2, 0.25) is 0 Å². The molecule has 0 bridgehead atoms. The molecule has 0 aliphatic rings. The number of hydrogen-bond acceptors (Lipinski definition) is 9. The van der Waals surface area contributed by atoms with E-state index in [1.54, 1.807) is 19.1 Å². The van der Waals surface area contributed by atoms with E-state index >= 15 is 0 Å². The fourth-order valence-electron chi connectivity index (χ4n) is 2.47. The second-order valence-corrected chi connectivity index (χ2v) is 8.45. The van der Waals surface area contributed by atoms with Crippen LogP contribution in [0.3, 0.4) is 0 Å². The zero-order valence-electron chi connectivity index (χ0n) is 15.4. The van der Waals surface area contributed by atoms with Gasteiger partial charge in [-0.1, -0.05) is 13.8 Å². The number of aromatic nitrogens is 4. The van der Waals surface area contributed by atoms with Gasteiger partial charge >= 0.3 is 0 Å². The van der Waals surface area contributed by atoms with Gasteiger partial charge in [0.1, 0.15) is 5.82 Å². The SMILES string of the molecule is Cc1cc(Nc2ncc(-c3nnc(C(C)C)o3)c(N)n2)ccc1S(C)(=O)=O. The number of nitrogens with one attached hydrogen (secondary N) is 1. The van der Waals surface area contributed by atoms with E-state index in [1.807, 2.05) is 13.8 Å². The Hall–Kier alpha value is -3.01. The summed E-state index contributed by atoms with van der Waals surface area (Å²) in [7, 11) is -3.27. The summed E-state index contributed by atoms with van der Waals surface area (Å²) in [5, 5.41) is 10.9. The van der Waals surface area contributed by atoms with Crippen molar-refractivity contribution in [2.24, 2.45) is 0 Å². The molecule has 10 heteroatoms. The first-order valence-electron chi connectivity index (χ1n) is 8.19. The van der Waals surface area contributed by atoms with Crippen LogP contribution in [0.25, 0.3) is 11.5 Å². The summed E-state index contributed by atoms with van der Waals surface area (Å²) in [5.74, 6) is 1.33. The molecule has 3 N–H and O–H groups in total. The highest BCUT2D eigenvalue weighted by Crippen LogP contribution is 2.27. The smallest absolute Gasteiger partial charge is 0.253 e. The standard InChI is InChI=1S/C17H20N6O3S/c1-9(2)15-22-23-16(26-15)12-8-19-17(21-14(12)18)20-11-5-6-13(10(3)7-11)27(4,24)25/h5-9H,1-4H3,(H3,18,19,20,21). The lowest BCUT2D eigenvalue weighted by molar-refractivity contribution is 0.481. The predicted molar refractivity (Wildman–Crippen MR) is 101 cm³/mol. The third-order valence-corrected chi connectivity index (χ3v) is 5.07. The number of benzene rings is 1. The molecule has 0 atom stereocenters. The second kappa shape index (κ2) is 6.95. The highest BCUT2D eigenvalue weighted by atomic mass is 32.2. The molecule has 0 fully saturated rings. The summed E-state index contributed by atoms with van der Waals surface area (Å²) in [4.78, 5) is 8.71. The molecule has 142 valence electrons. The minimum absolute atomic E-state index is 0.104. The molecule has 0 spiro atoms. The first kappa shape index (κ1) is 18.8. The zero-order valence-corrected chi connectivity index (χ0v) is 16.2. The van der Waals surface area contributed by atoms with Crippen LogP contribution in [0.1, 0.15) is 31.2 Å². The molecule has 0 saturated carbocycles. The molecule has 27 heavy (non-hydrogen) atoms. The van der Waals surface area contributed by atoms with Crippen molar-refractivity contribution in [2.75, 3.05) is 17.3 Å². The molecule has 0 radical (unpaired) electrons. The first-order chi connectivity index (χ1) is 12.6. The number of sulfone groups is 1. The van der Waals surface area contributed by atoms with Crippen LogP contribution >= 0.6 is 0 Å². The van der Waals surface area contributed by atoms with Crippen molar-refractivity contribution in [2.45, 2.75) is 31.6 Å². The molecule has 2 aromatic heterocycles. The molecule has 9 nitrogen and oxygen atoms in total. The average molecular weight is 388 g/mol. The van der Waals surface area contributed by atoms with E-state index < -0.39 is 9.84 Å². The molecular formula is C17H20N6O3S. The van der Waals surface area contributed by atoms with Crippen LogP contribution in [0.5, 0.6) is 0 Å². The number of hydrogen-bond donors (Lipinski definition) is 2. The van der Waals surface area contributed by atoms with E-state index in [4.69, 9.17) is 10.2 Å². The van der Waals surface area contributed by atoms with Crippen LogP contribution in [-0.4, -0.2) is 34.8 Å². The van der Waals surface area contributed by atoms with Crippen molar-refractivity contribution in [3.05, 3.63) is 35.9 Å². The van der Waals surface area contributed by atoms with Crippen molar-refractivity contribution in [3.8, 4) is 11.5 Å². The highest BCUT2D eigenvalue weighted by molar-refractivity contribution is 7.90. The molecule has 0 aliphatic heterocycles. The summed E-state index contributed by atoms with van der Waals surface area (Å²) >= 11 is 0. The summed E-state index contributed by atoms with van der Waals surface area (Å²) in [6.45, 7) is 5.62. The van der Waals surface area contributed by atoms with Gasteiger partial charge in [-0.05, 0) is 30.7 Å². The lowest BCUT2D eigenvalue weighted by Crippen LogP contribution is -2.04. The van der Waals surface area contributed by atoms with Gasteiger partial charge in [-0.25, -0.2) is 13.4 Å². The van der Waals surface area contributed by atoms with Gasteiger partial charge in [0.25, 0.3) is 5.89 Å². The van der Waals surface area contributed by atoms with E-state index in [1.165, 1.54) is 18.5 Å². The number of anilines is 3. The molecule has 0 aliphatic carbocycles. The van der Waals surface area contributed by atoms with Crippen LogP contribution in [-0.2, 0) is 9.84 Å². The number of nitrogens with two attached hydrogens (primary N) is 1. The van der Waals surface area contributed by atoms with Gasteiger partial charge in [0.2, 0.25) is 11.8 Å². The minimum Gasteiger partial charge on any atom is -0.420 e. The molecule has 0 amide bonds. The number of rotatable bonds is 5. The lowest BCUT2D eigenvalue weighted by Gasteiger charge is -2.09. The van der Waals surface area contributed by atoms with Crippen LogP contribution in [0.15, 0.2) is 33.7 Å². The molecule has 0 unspecified atom stereocenters. The highest BCUT2D eigenvalue weighted by Gasteiger charge is 2.16. The van der Waals surface area contributed by atoms with Crippen LogP contribution < -0.4 is 11.1 Å². The monoisotopic (exact) mass is 388 g/mol. The van der Waals surface area contributed by atoms with Gasteiger partial charge in [-0.2, -0.15) is 4.98 Å². The fraction of sp³-hybridized carbons (Fsp3) is 0.294. The van der Waals surface area contributed by atoms with Crippen molar-refractivity contribution in [3.63, 3.8) is 0 Å². The maximum atomic E-state index is 11.7. The maximum absolute atomic E-state index is 11.7. The normalized spacial score (nSPS) is 11.7. The van der Waals surface area contributed by atoms with Crippen molar-refractivity contribution in [1.29, 1.82) is 0 Å². The van der Waals surface area contributed by atoms with E-state index in [2.05, 4.69) is 25.5 Å². The number of nitrogens with zero attached hydrogens (tertiary/aromatic N) is 4. The Kier molecular flexibility index (Phi) is 4.83. The molecular weight excluding hydrogens is 368 g/mol. The van der Waals surface area contributed by atoms with Gasteiger partial charge in [-0.3, -0.25) is 0 Å². The average Bonchev–Trinajstić information content (AvgIpc) is 3.04. The lowest BCUT2D eigenvalue weighted by atomic mass is 10.2.